The summed E-state index contributed by atoms with van der Waals surface area (Å²) in [6.07, 6.45) is 0. The van der Waals surface area contributed by atoms with Crippen LogP contribution in [0.1, 0.15) is 11.5 Å². The number of nitrogens with two attached hydrogens (primary N) is 1. The zero-order valence-electron chi connectivity index (χ0n) is 10.1. The molecular weight excluding hydrogens is 250 g/mol. The molecule has 0 fully saturated rings. The van der Waals surface area contributed by atoms with Gasteiger partial charge in [0.15, 0.2) is 0 Å². The molecule has 1 heterocycles. The number of nitro groups is 1. The van der Waals surface area contributed by atoms with Gasteiger partial charge in [0.25, 0.3) is 0 Å². The number of methoxy groups -OCH3 is 1. The molecule has 19 heavy (non-hydrogen) atoms. The summed E-state index contributed by atoms with van der Waals surface area (Å²) < 4.78 is 10.5. The molecule has 0 aliphatic carbocycles. The molecule has 1 aliphatic heterocycles. The van der Waals surface area contributed by atoms with Gasteiger partial charge in [0, 0.05) is 4.92 Å². The van der Waals surface area contributed by atoms with E-state index in [-0.39, 0.29) is 11.5 Å². The summed E-state index contributed by atoms with van der Waals surface area (Å²) in [5.74, 6) is -0.0534. The van der Waals surface area contributed by atoms with Crippen LogP contribution in [0.2, 0.25) is 0 Å². The summed E-state index contributed by atoms with van der Waals surface area (Å²) in [6.45, 7) is -0.444. The average Bonchev–Trinajstić information content (AvgIpc) is 2.37. The molecule has 7 nitrogen and oxygen atoms in total. The Balaban J connectivity index is 2.61. The van der Waals surface area contributed by atoms with E-state index in [0.717, 1.165) is 0 Å². The molecule has 98 valence electrons. The minimum Gasteiger partial charge on any atom is -0.496 e. The van der Waals surface area contributed by atoms with Crippen molar-refractivity contribution >= 4 is 0 Å². The Kier molecular flexibility index (Phi) is 3.25. The van der Waals surface area contributed by atoms with E-state index >= 15 is 0 Å². The molecule has 0 unspecified atom stereocenters. The predicted octanol–water partition coefficient (Wildman–Crippen LogP) is 1.14. The van der Waals surface area contributed by atoms with Gasteiger partial charge in [0.05, 0.1) is 18.6 Å². The van der Waals surface area contributed by atoms with E-state index in [1.54, 1.807) is 18.2 Å². The molecule has 0 saturated carbocycles. The average molecular weight is 261 g/mol. The third kappa shape index (κ3) is 2.15. The van der Waals surface area contributed by atoms with E-state index in [4.69, 9.17) is 20.5 Å². The molecule has 0 saturated heterocycles. The second-order valence-corrected chi connectivity index (χ2v) is 3.93. The topological polar surface area (TPSA) is 111 Å². The maximum atomic E-state index is 10.8. The van der Waals surface area contributed by atoms with Gasteiger partial charge in [0.1, 0.15) is 23.1 Å². The van der Waals surface area contributed by atoms with Gasteiger partial charge in [-0.05, 0) is 12.1 Å². The minimum atomic E-state index is -0.764. The van der Waals surface area contributed by atoms with Crippen LogP contribution in [0.3, 0.4) is 0 Å². The first kappa shape index (κ1) is 12.7. The number of ether oxygens (including phenoxy) is 2. The quantitative estimate of drug-likeness (QED) is 0.645. The number of rotatable bonds is 3. The highest BCUT2D eigenvalue weighted by molar-refractivity contribution is 5.56. The number of fused-ring (bicyclic) bond motifs is 1. The zero-order chi connectivity index (χ0) is 14.0. The molecule has 2 N–H and O–H groups in total. The Hall–Kier alpha value is -2.75. The smallest absolute Gasteiger partial charge is 0.215 e. The first-order valence-electron chi connectivity index (χ1n) is 5.44. The van der Waals surface area contributed by atoms with Crippen LogP contribution in [0, 0.1) is 21.4 Å². The lowest BCUT2D eigenvalue weighted by molar-refractivity contribution is -0.482. The third-order valence-corrected chi connectivity index (χ3v) is 2.88. The molecule has 0 aromatic heterocycles. The number of hydrogen-bond donors (Lipinski definition) is 1. The lowest BCUT2D eigenvalue weighted by Gasteiger charge is -2.25. The lowest BCUT2D eigenvalue weighted by atomic mass is 9.88. The van der Waals surface area contributed by atoms with Crippen LogP contribution in [-0.2, 0) is 0 Å². The molecule has 7 heteroatoms. The summed E-state index contributed by atoms with van der Waals surface area (Å²) in [7, 11) is 1.45. The van der Waals surface area contributed by atoms with Crippen LogP contribution in [0.5, 0.6) is 11.5 Å². The standard InChI is InChI=1S/C12H11N3O4/c1-18-9-3-2-4-10-11(9)8(6-15(16)17)7(5-13)12(14)19-10/h2-4,8H,6,14H2,1H3/t8-/m0/s1. The fourth-order valence-electron chi connectivity index (χ4n) is 2.09. The van der Waals surface area contributed by atoms with Crippen molar-refractivity contribution in [1.82, 2.24) is 0 Å². The van der Waals surface area contributed by atoms with Gasteiger partial charge in [-0.1, -0.05) is 6.07 Å². The van der Waals surface area contributed by atoms with Gasteiger partial charge in [0.2, 0.25) is 12.4 Å². The fraction of sp³-hybridized carbons (Fsp3) is 0.250. The number of benzene rings is 1. The van der Waals surface area contributed by atoms with E-state index < -0.39 is 17.4 Å². The van der Waals surface area contributed by atoms with Crippen molar-refractivity contribution in [2.45, 2.75) is 5.92 Å². The van der Waals surface area contributed by atoms with E-state index in [1.165, 1.54) is 7.11 Å². The summed E-state index contributed by atoms with van der Waals surface area (Å²) in [5.41, 5.74) is 6.16. The summed E-state index contributed by atoms with van der Waals surface area (Å²) in [5, 5.41) is 19.9. The second kappa shape index (κ2) is 4.86. The van der Waals surface area contributed by atoms with E-state index in [9.17, 15) is 10.1 Å². The van der Waals surface area contributed by atoms with Crippen molar-refractivity contribution < 1.29 is 14.4 Å². The van der Waals surface area contributed by atoms with Gasteiger partial charge >= 0.3 is 0 Å². The predicted molar refractivity (Wildman–Crippen MR) is 65.1 cm³/mol. The van der Waals surface area contributed by atoms with Gasteiger partial charge in [-0.3, -0.25) is 10.1 Å². The molecule has 0 spiro atoms. The molecule has 0 amide bonds. The Bertz CT molecular complexity index is 603. The minimum absolute atomic E-state index is 0.0497. The molecule has 0 radical (unpaired) electrons. The largest absolute Gasteiger partial charge is 0.496 e. The number of nitrogens with zero attached hydrogens (tertiary/aromatic N) is 2. The van der Waals surface area contributed by atoms with Crippen LogP contribution in [0.4, 0.5) is 0 Å². The number of hydrogen-bond acceptors (Lipinski definition) is 6. The highest BCUT2D eigenvalue weighted by Crippen LogP contribution is 2.43. The molecule has 0 bridgehead atoms. The van der Waals surface area contributed by atoms with Crippen molar-refractivity contribution in [2.24, 2.45) is 5.73 Å². The van der Waals surface area contributed by atoms with Gasteiger partial charge < -0.3 is 15.2 Å². The highest BCUT2D eigenvalue weighted by Gasteiger charge is 2.35. The van der Waals surface area contributed by atoms with Crippen LogP contribution < -0.4 is 15.2 Å². The second-order valence-electron chi connectivity index (χ2n) is 3.93. The van der Waals surface area contributed by atoms with Crippen molar-refractivity contribution in [2.75, 3.05) is 13.7 Å². The van der Waals surface area contributed by atoms with Crippen molar-refractivity contribution in [3.63, 3.8) is 0 Å². The zero-order valence-corrected chi connectivity index (χ0v) is 10.1. The molecule has 1 atom stereocenters. The number of nitriles is 1. The monoisotopic (exact) mass is 261 g/mol. The first-order valence-corrected chi connectivity index (χ1v) is 5.44. The van der Waals surface area contributed by atoms with Crippen molar-refractivity contribution in [1.29, 1.82) is 5.26 Å². The van der Waals surface area contributed by atoms with Gasteiger partial charge in [-0.2, -0.15) is 5.26 Å². The van der Waals surface area contributed by atoms with Crippen LogP contribution >= 0.6 is 0 Å². The molecule has 1 aliphatic rings. The first-order chi connectivity index (χ1) is 9.08. The lowest BCUT2D eigenvalue weighted by Crippen LogP contribution is -2.25. The Morgan fingerprint density at radius 1 is 1.63 bits per heavy atom. The van der Waals surface area contributed by atoms with Gasteiger partial charge in [-0.15, -0.1) is 0 Å². The maximum Gasteiger partial charge on any atom is 0.215 e. The van der Waals surface area contributed by atoms with Crippen LogP contribution in [0.25, 0.3) is 0 Å². The normalized spacial score (nSPS) is 17.2. The van der Waals surface area contributed by atoms with Crippen molar-refractivity contribution in [3.8, 4) is 17.6 Å². The molecule has 1 aromatic carbocycles. The van der Waals surface area contributed by atoms with E-state index in [0.29, 0.717) is 17.1 Å². The van der Waals surface area contributed by atoms with Crippen LogP contribution in [-0.4, -0.2) is 18.6 Å². The Morgan fingerprint density at radius 2 is 2.37 bits per heavy atom. The fourth-order valence-corrected chi connectivity index (χ4v) is 2.09. The maximum absolute atomic E-state index is 10.8. The molecular formula is C12H11N3O4. The summed E-state index contributed by atoms with van der Waals surface area (Å²) >= 11 is 0. The Labute approximate surface area is 109 Å². The molecule has 1 aromatic rings. The van der Waals surface area contributed by atoms with Gasteiger partial charge in [-0.25, -0.2) is 0 Å². The SMILES string of the molecule is COc1cccc2c1[C@@H](C[N+](=O)[O-])C(C#N)=C(N)O2. The molecule has 2 rings (SSSR count). The van der Waals surface area contributed by atoms with Crippen molar-refractivity contribution in [3.05, 3.63) is 45.3 Å². The van der Waals surface area contributed by atoms with E-state index in [1.807, 2.05) is 6.07 Å². The summed E-state index contributed by atoms with van der Waals surface area (Å²) in [4.78, 5) is 10.3. The van der Waals surface area contributed by atoms with Crippen LogP contribution in [0.15, 0.2) is 29.7 Å². The van der Waals surface area contributed by atoms with E-state index in [2.05, 4.69) is 0 Å². The highest BCUT2D eigenvalue weighted by atomic mass is 16.6. The Morgan fingerprint density at radius 3 is 2.95 bits per heavy atom. The third-order valence-electron chi connectivity index (χ3n) is 2.88. The summed E-state index contributed by atoms with van der Waals surface area (Å²) in [6, 6.07) is 6.85.